The molecule has 0 saturated carbocycles. The molecule has 0 aromatic heterocycles. The Morgan fingerprint density at radius 2 is 1.70 bits per heavy atom. The first-order chi connectivity index (χ1) is 14.5. The summed E-state index contributed by atoms with van der Waals surface area (Å²) in [5, 5.41) is 3.06. The van der Waals surface area contributed by atoms with Gasteiger partial charge >= 0.3 is 0 Å². The molecule has 2 aromatic rings. The SMILES string of the molecule is Cc1ccc(C(=O)N2CCC(CC(=O)NCCCN(C)c3ccccc3)CC2)cc1. The number of likely N-dealkylation sites (tertiary alicyclic amines) is 1. The standard InChI is InChI=1S/C25H33N3O2/c1-20-9-11-22(12-10-20)25(30)28-17-13-21(14-18-28)19-24(29)26-15-6-16-27(2)23-7-4-3-5-8-23/h3-5,7-12,21H,6,13-19H2,1-2H3,(H,26,29). The maximum absolute atomic E-state index is 12.6. The number of hydrogen-bond donors (Lipinski definition) is 1. The number of anilines is 1. The quantitative estimate of drug-likeness (QED) is 0.676. The predicted octanol–water partition coefficient (Wildman–Crippen LogP) is 3.88. The molecule has 0 spiro atoms. The van der Waals surface area contributed by atoms with Gasteiger partial charge in [0.25, 0.3) is 5.91 Å². The number of nitrogens with zero attached hydrogens (tertiary/aromatic N) is 2. The summed E-state index contributed by atoms with van der Waals surface area (Å²) in [6.07, 6.45) is 3.26. The lowest BCUT2D eigenvalue weighted by Gasteiger charge is -2.32. The van der Waals surface area contributed by atoms with E-state index in [4.69, 9.17) is 0 Å². The van der Waals surface area contributed by atoms with Gasteiger partial charge in [-0.05, 0) is 56.4 Å². The minimum atomic E-state index is 0.0976. The van der Waals surface area contributed by atoms with Crippen LogP contribution in [-0.4, -0.2) is 49.9 Å². The smallest absolute Gasteiger partial charge is 0.253 e. The van der Waals surface area contributed by atoms with E-state index in [2.05, 4.69) is 29.4 Å². The Morgan fingerprint density at radius 1 is 1.03 bits per heavy atom. The van der Waals surface area contributed by atoms with E-state index in [1.165, 1.54) is 5.69 Å². The van der Waals surface area contributed by atoms with Crippen LogP contribution in [0.2, 0.25) is 0 Å². The first-order valence-corrected chi connectivity index (χ1v) is 10.9. The molecule has 0 unspecified atom stereocenters. The maximum atomic E-state index is 12.6. The third-order valence-corrected chi connectivity index (χ3v) is 5.86. The number of piperidine rings is 1. The Kier molecular flexibility index (Phi) is 7.89. The molecule has 5 nitrogen and oxygen atoms in total. The molecule has 0 atom stereocenters. The van der Waals surface area contributed by atoms with E-state index in [0.29, 0.717) is 18.9 Å². The Hall–Kier alpha value is -2.82. The molecule has 1 aliphatic rings. The lowest BCUT2D eigenvalue weighted by molar-refractivity contribution is -0.122. The number of benzene rings is 2. The van der Waals surface area contributed by atoms with Gasteiger partial charge in [0.05, 0.1) is 0 Å². The summed E-state index contributed by atoms with van der Waals surface area (Å²) >= 11 is 0. The van der Waals surface area contributed by atoms with Crippen molar-refractivity contribution in [3.63, 3.8) is 0 Å². The van der Waals surface area contributed by atoms with Crippen molar-refractivity contribution in [2.45, 2.75) is 32.6 Å². The van der Waals surface area contributed by atoms with Crippen LogP contribution in [0.25, 0.3) is 0 Å². The Bertz CT molecular complexity index is 812. The second kappa shape index (κ2) is 10.8. The lowest BCUT2D eigenvalue weighted by Crippen LogP contribution is -2.39. The zero-order valence-electron chi connectivity index (χ0n) is 18.1. The van der Waals surface area contributed by atoms with Gasteiger partial charge in [0.2, 0.25) is 5.91 Å². The fraction of sp³-hybridized carbons (Fsp3) is 0.440. The van der Waals surface area contributed by atoms with Crippen molar-refractivity contribution in [1.82, 2.24) is 10.2 Å². The summed E-state index contributed by atoms with van der Waals surface area (Å²) < 4.78 is 0. The van der Waals surface area contributed by atoms with Crippen LogP contribution in [-0.2, 0) is 4.79 Å². The van der Waals surface area contributed by atoms with Crippen LogP contribution >= 0.6 is 0 Å². The molecule has 1 aliphatic heterocycles. The second-order valence-corrected chi connectivity index (χ2v) is 8.27. The summed E-state index contributed by atoms with van der Waals surface area (Å²) in [6, 6.07) is 18.0. The maximum Gasteiger partial charge on any atom is 0.253 e. The lowest BCUT2D eigenvalue weighted by atomic mass is 9.93. The molecule has 30 heavy (non-hydrogen) atoms. The number of nitrogens with one attached hydrogen (secondary N) is 1. The molecular formula is C25H33N3O2. The Labute approximate surface area is 180 Å². The Balaban J connectivity index is 1.32. The fourth-order valence-corrected chi connectivity index (χ4v) is 3.91. The van der Waals surface area contributed by atoms with Gasteiger partial charge in [0, 0.05) is 50.9 Å². The first kappa shape index (κ1) is 21.9. The number of rotatable bonds is 8. The van der Waals surface area contributed by atoms with Crippen LogP contribution in [0.1, 0.15) is 41.6 Å². The molecule has 0 radical (unpaired) electrons. The topological polar surface area (TPSA) is 52.7 Å². The average Bonchev–Trinajstić information content (AvgIpc) is 2.78. The highest BCUT2D eigenvalue weighted by atomic mass is 16.2. The van der Waals surface area contributed by atoms with Crippen LogP contribution in [0, 0.1) is 12.8 Å². The molecule has 1 fully saturated rings. The van der Waals surface area contributed by atoms with Crippen LogP contribution < -0.4 is 10.2 Å². The number of carbonyl (C=O) groups excluding carboxylic acids is 2. The van der Waals surface area contributed by atoms with Gasteiger partial charge in [-0.25, -0.2) is 0 Å². The fourth-order valence-electron chi connectivity index (χ4n) is 3.91. The summed E-state index contributed by atoms with van der Waals surface area (Å²) in [7, 11) is 2.07. The number of hydrogen-bond acceptors (Lipinski definition) is 3. The summed E-state index contributed by atoms with van der Waals surface area (Å²) in [5.74, 6) is 0.583. The van der Waals surface area contributed by atoms with E-state index < -0.39 is 0 Å². The number of aryl methyl sites for hydroxylation is 1. The zero-order chi connectivity index (χ0) is 21.3. The zero-order valence-corrected chi connectivity index (χ0v) is 18.1. The second-order valence-electron chi connectivity index (χ2n) is 8.27. The number of para-hydroxylation sites is 1. The highest BCUT2D eigenvalue weighted by molar-refractivity contribution is 5.94. The van der Waals surface area contributed by atoms with Crippen molar-refractivity contribution in [1.29, 1.82) is 0 Å². The van der Waals surface area contributed by atoms with Crippen LogP contribution in [0.3, 0.4) is 0 Å². The van der Waals surface area contributed by atoms with Gasteiger partial charge in [-0.2, -0.15) is 0 Å². The molecular weight excluding hydrogens is 374 g/mol. The largest absolute Gasteiger partial charge is 0.375 e. The molecule has 0 aliphatic carbocycles. The van der Waals surface area contributed by atoms with Crippen molar-refractivity contribution in [3.8, 4) is 0 Å². The highest BCUT2D eigenvalue weighted by Crippen LogP contribution is 2.22. The minimum Gasteiger partial charge on any atom is -0.375 e. The van der Waals surface area contributed by atoms with E-state index >= 15 is 0 Å². The van der Waals surface area contributed by atoms with Crippen molar-refractivity contribution in [3.05, 3.63) is 65.7 Å². The van der Waals surface area contributed by atoms with Gasteiger partial charge in [0.15, 0.2) is 0 Å². The van der Waals surface area contributed by atoms with Gasteiger partial charge < -0.3 is 15.1 Å². The van der Waals surface area contributed by atoms with Crippen LogP contribution in [0.5, 0.6) is 0 Å². The van der Waals surface area contributed by atoms with Gasteiger partial charge in [-0.15, -0.1) is 0 Å². The van der Waals surface area contributed by atoms with Gasteiger partial charge in [-0.1, -0.05) is 35.9 Å². The van der Waals surface area contributed by atoms with E-state index in [1.807, 2.05) is 54.3 Å². The van der Waals surface area contributed by atoms with Crippen molar-refractivity contribution in [2.24, 2.45) is 5.92 Å². The molecule has 5 heteroatoms. The number of carbonyl (C=O) groups is 2. The summed E-state index contributed by atoms with van der Waals surface area (Å²) in [5.41, 5.74) is 3.09. The summed E-state index contributed by atoms with van der Waals surface area (Å²) in [4.78, 5) is 29.0. The van der Waals surface area contributed by atoms with Gasteiger partial charge in [0.1, 0.15) is 0 Å². The summed E-state index contributed by atoms with van der Waals surface area (Å²) in [6.45, 7) is 5.08. The molecule has 2 aromatic carbocycles. The molecule has 3 rings (SSSR count). The molecule has 2 amide bonds. The van der Waals surface area contributed by atoms with Crippen molar-refractivity contribution >= 4 is 17.5 Å². The van der Waals surface area contributed by atoms with E-state index in [0.717, 1.165) is 50.0 Å². The molecule has 0 bridgehead atoms. The monoisotopic (exact) mass is 407 g/mol. The van der Waals surface area contributed by atoms with E-state index in [9.17, 15) is 9.59 Å². The van der Waals surface area contributed by atoms with Crippen molar-refractivity contribution < 1.29 is 9.59 Å². The third-order valence-electron chi connectivity index (χ3n) is 5.86. The highest BCUT2D eigenvalue weighted by Gasteiger charge is 2.25. The molecule has 1 N–H and O–H groups in total. The van der Waals surface area contributed by atoms with E-state index in [-0.39, 0.29) is 11.8 Å². The Morgan fingerprint density at radius 3 is 2.37 bits per heavy atom. The molecule has 160 valence electrons. The normalized spacial score (nSPS) is 14.4. The van der Waals surface area contributed by atoms with E-state index in [1.54, 1.807) is 0 Å². The molecule has 1 heterocycles. The predicted molar refractivity (Wildman–Crippen MR) is 122 cm³/mol. The average molecular weight is 408 g/mol. The molecule has 1 saturated heterocycles. The number of amides is 2. The van der Waals surface area contributed by atoms with Crippen LogP contribution in [0.4, 0.5) is 5.69 Å². The first-order valence-electron chi connectivity index (χ1n) is 10.9. The van der Waals surface area contributed by atoms with Gasteiger partial charge in [-0.3, -0.25) is 9.59 Å². The van der Waals surface area contributed by atoms with Crippen molar-refractivity contribution in [2.75, 3.05) is 38.1 Å². The minimum absolute atomic E-state index is 0.0976. The third kappa shape index (κ3) is 6.34. The van der Waals surface area contributed by atoms with Crippen LogP contribution in [0.15, 0.2) is 54.6 Å².